The Morgan fingerprint density at radius 3 is 2.49 bits per heavy atom. The molecule has 5 aromatic rings. The van der Waals surface area contributed by atoms with Crippen LogP contribution in [0.3, 0.4) is 0 Å². The van der Waals surface area contributed by atoms with E-state index in [0.717, 1.165) is 57.2 Å². The van der Waals surface area contributed by atoms with E-state index in [4.69, 9.17) is 0 Å². The molecule has 0 amide bonds. The van der Waals surface area contributed by atoms with E-state index in [1.165, 1.54) is 0 Å². The summed E-state index contributed by atoms with van der Waals surface area (Å²) in [5, 5.41) is 14.2. The molecule has 0 aliphatic heterocycles. The molecule has 172 valence electrons. The van der Waals surface area contributed by atoms with Gasteiger partial charge in [0.05, 0.1) is 5.52 Å². The van der Waals surface area contributed by atoms with Gasteiger partial charge in [0.15, 0.2) is 0 Å². The molecular weight excluding hydrogens is 434 g/mol. The van der Waals surface area contributed by atoms with Gasteiger partial charge in [0.2, 0.25) is 0 Å². The number of aromatic carboxylic acids is 1. The normalized spacial score (nSPS) is 13.2. The first-order valence-electron chi connectivity index (χ1n) is 11.8. The minimum Gasteiger partial charge on any atom is -0.478 e. The van der Waals surface area contributed by atoms with Crippen LogP contribution in [0.1, 0.15) is 34.7 Å². The molecule has 0 saturated heterocycles. The Bertz CT molecular complexity index is 1570. The summed E-state index contributed by atoms with van der Waals surface area (Å²) in [5.41, 5.74) is 7.61. The zero-order valence-electron chi connectivity index (χ0n) is 19.4. The van der Waals surface area contributed by atoms with Crippen LogP contribution < -0.4 is 5.32 Å². The molecule has 5 heteroatoms. The summed E-state index contributed by atoms with van der Waals surface area (Å²) in [6.07, 6.45) is 6.05. The fourth-order valence-corrected chi connectivity index (χ4v) is 4.75. The maximum atomic E-state index is 12.0. The van der Waals surface area contributed by atoms with E-state index in [1.54, 1.807) is 12.3 Å². The smallest absolute Gasteiger partial charge is 0.339 e. The van der Waals surface area contributed by atoms with E-state index in [-0.39, 0.29) is 5.56 Å². The van der Waals surface area contributed by atoms with Crippen molar-refractivity contribution in [1.29, 1.82) is 0 Å². The highest BCUT2D eigenvalue weighted by Gasteiger charge is 2.26. The highest BCUT2D eigenvalue weighted by Crippen LogP contribution is 2.41. The van der Waals surface area contributed by atoms with Gasteiger partial charge in [0.25, 0.3) is 0 Å². The predicted molar refractivity (Wildman–Crippen MR) is 140 cm³/mol. The number of nitrogens with one attached hydrogen (secondary N) is 1. The molecular formula is C30H25N3O2. The molecule has 2 N–H and O–H groups in total. The zero-order chi connectivity index (χ0) is 23.9. The second-order valence-corrected chi connectivity index (χ2v) is 9.20. The lowest BCUT2D eigenvalue weighted by Crippen LogP contribution is -2.06. The highest BCUT2D eigenvalue weighted by molar-refractivity contribution is 6.00. The molecule has 35 heavy (non-hydrogen) atoms. The lowest BCUT2D eigenvalue weighted by molar-refractivity contribution is 0.0697. The molecule has 0 atom stereocenters. The van der Waals surface area contributed by atoms with Crippen LogP contribution in [-0.2, 0) is 7.05 Å². The summed E-state index contributed by atoms with van der Waals surface area (Å²) in [6, 6.07) is 26.8. The van der Waals surface area contributed by atoms with Crippen molar-refractivity contribution < 1.29 is 9.90 Å². The number of anilines is 2. The summed E-state index contributed by atoms with van der Waals surface area (Å²) < 4.78 is 2.12. The quantitative estimate of drug-likeness (QED) is 0.281. The van der Waals surface area contributed by atoms with Crippen LogP contribution in [0.4, 0.5) is 11.5 Å². The van der Waals surface area contributed by atoms with E-state index in [1.807, 2.05) is 37.5 Å². The number of fused-ring (bicyclic) bond motifs is 1. The van der Waals surface area contributed by atoms with Crippen LogP contribution in [-0.4, -0.2) is 20.6 Å². The number of carbonyl (C=O) groups is 1. The van der Waals surface area contributed by atoms with Gasteiger partial charge in [0, 0.05) is 36.1 Å². The molecule has 6 rings (SSSR count). The van der Waals surface area contributed by atoms with E-state index in [9.17, 15) is 9.90 Å². The predicted octanol–water partition coefficient (Wildman–Crippen LogP) is 7.23. The van der Waals surface area contributed by atoms with Crippen molar-refractivity contribution in [2.24, 2.45) is 7.05 Å². The lowest BCUT2D eigenvalue weighted by Gasteiger charge is -2.14. The molecule has 0 bridgehead atoms. The molecule has 0 unspecified atom stereocenters. The van der Waals surface area contributed by atoms with Crippen molar-refractivity contribution in [1.82, 2.24) is 9.55 Å². The minimum atomic E-state index is -0.973. The van der Waals surface area contributed by atoms with Gasteiger partial charge < -0.3 is 15.0 Å². The topological polar surface area (TPSA) is 67.2 Å². The molecule has 2 heterocycles. The molecule has 3 aromatic carbocycles. The van der Waals surface area contributed by atoms with Crippen molar-refractivity contribution >= 4 is 28.4 Å². The molecule has 5 nitrogen and oxygen atoms in total. The number of nitrogens with zero attached hydrogens (tertiary/aromatic N) is 2. The number of carboxylic acid groups (broad SMARTS) is 1. The van der Waals surface area contributed by atoms with Crippen molar-refractivity contribution in [3.8, 4) is 22.3 Å². The maximum Gasteiger partial charge on any atom is 0.339 e. The van der Waals surface area contributed by atoms with Crippen LogP contribution in [0.25, 0.3) is 33.2 Å². The Kier molecular flexibility index (Phi) is 5.10. The Balaban J connectivity index is 1.45. The molecule has 1 saturated carbocycles. The first kappa shape index (κ1) is 21.2. The highest BCUT2D eigenvalue weighted by atomic mass is 16.4. The van der Waals surface area contributed by atoms with E-state index in [2.05, 4.69) is 63.4 Å². The second kappa shape index (κ2) is 8.44. The van der Waals surface area contributed by atoms with Crippen LogP contribution in [0.5, 0.6) is 0 Å². The summed E-state index contributed by atoms with van der Waals surface area (Å²) in [4.78, 5) is 16.5. The number of pyridine rings is 1. The zero-order valence-corrected chi connectivity index (χ0v) is 19.4. The fraction of sp³-hybridized carbons (Fsp3) is 0.133. The average molecular weight is 460 g/mol. The van der Waals surface area contributed by atoms with Gasteiger partial charge in [-0.05, 0) is 71.3 Å². The summed E-state index contributed by atoms with van der Waals surface area (Å²) >= 11 is 0. The number of benzene rings is 3. The van der Waals surface area contributed by atoms with Gasteiger partial charge in [-0.1, -0.05) is 48.5 Å². The van der Waals surface area contributed by atoms with Crippen LogP contribution in [0, 0.1) is 0 Å². The molecule has 1 aliphatic carbocycles. The van der Waals surface area contributed by atoms with Crippen LogP contribution >= 0.6 is 0 Å². The third-order valence-corrected chi connectivity index (χ3v) is 6.70. The average Bonchev–Trinajstić information content (AvgIpc) is 3.67. The second-order valence-electron chi connectivity index (χ2n) is 9.20. The van der Waals surface area contributed by atoms with Gasteiger partial charge in [-0.25, -0.2) is 9.78 Å². The monoisotopic (exact) mass is 459 g/mol. The van der Waals surface area contributed by atoms with Gasteiger partial charge in [-0.15, -0.1) is 0 Å². The largest absolute Gasteiger partial charge is 0.478 e. The number of hydrogen-bond donors (Lipinski definition) is 2. The fourth-order valence-electron chi connectivity index (χ4n) is 4.75. The first-order valence-corrected chi connectivity index (χ1v) is 11.8. The number of aryl methyl sites for hydroxylation is 1. The number of hydrogen-bond acceptors (Lipinski definition) is 3. The summed E-state index contributed by atoms with van der Waals surface area (Å²) in [5.74, 6) is -0.168. The number of rotatable bonds is 6. The minimum absolute atomic E-state index is 0.204. The number of carboxylic acids is 1. The van der Waals surface area contributed by atoms with Crippen molar-refractivity contribution in [3.05, 3.63) is 102 Å². The van der Waals surface area contributed by atoms with Crippen molar-refractivity contribution in [2.75, 3.05) is 5.32 Å². The van der Waals surface area contributed by atoms with Crippen molar-refractivity contribution in [3.63, 3.8) is 0 Å². The third kappa shape index (κ3) is 4.06. The molecule has 0 spiro atoms. The number of aromatic nitrogens is 2. The van der Waals surface area contributed by atoms with Gasteiger partial charge in [-0.2, -0.15) is 0 Å². The molecule has 0 radical (unpaired) electrons. The van der Waals surface area contributed by atoms with E-state index in [0.29, 0.717) is 11.7 Å². The lowest BCUT2D eigenvalue weighted by atomic mass is 9.97. The summed E-state index contributed by atoms with van der Waals surface area (Å²) in [6.45, 7) is 0. The Morgan fingerprint density at radius 2 is 1.71 bits per heavy atom. The van der Waals surface area contributed by atoms with Gasteiger partial charge in [0.1, 0.15) is 11.4 Å². The maximum absolute atomic E-state index is 12.0. The first-order chi connectivity index (χ1) is 17.1. The van der Waals surface area contributed by atoms with Crippen molar-refractivity contribution in [2.45, 2.75) is 18.8 Å². The molecule has 1 aliphatic rings. The van der Waals surface area contributed by atoms with Crippen LogP contribution in [0.15, 0.2) is 91.3 Å². The van der Waals surface area contributed by atoms with E-state index >= 15 is 0 Å². The summed E-state index contributed by atoms with van der Waals surface area (Å²) in [7, 11) is 2.04. The Hall–Kier alpha value is -4.38. The third-order valence-electron chi connectivity index (χ3n) is 6.70. The molecule has 2 aromatic heterocycles. The van der Waals surface area contributed by atoms with Gasteiger partial charge >= 0.3 is 5.97 Å². The van der Waals surface area contributed by atoms with Gasteiger partial charge in [-0.3, -0.25) is 0 Å². The molecule has 1 fully saturated rings. The van der Waals surface area contributed by atoms with Crippen LogP contribution in [0.2, 0.25) is 0 Å². The SMILES string of the molecule is Cn1ccc2cc(Nc3ncc(C4CC4)cc3C(=O)O)cc(-c3cccc(-c4ccccc4)c3)c21. The van der Waals surface area contributed by atoms with E-state index < -0.39 is 5.97 Å². The Morgan fingerprint density at radius 1 is 0.943 bits per heavy atom. The standard InChI is InChI=1S/C30H25N3O2/c1-33-13-12-23-15-25(32-29-27(30(34)35)16-24(18-31-29)20-10-11-20)17-26(28(23)33)22-9-5-8-21(14-22)19-6-3-2-4-7-19/h2-9,12-18,20H,10-11H2,1H3,(H,31,32)(H,34,35). The Labute approximate surface area is 203 Å².